The molecule has 0 aliphatic carbocycles. The smallest absolute Gasteiger partial charge is 0.347 e. The summed E-state index contributed by atoms with van der Waals surface area (Å²) in [5, 5.41) is 0. The molecule has 2 unspecified atom stereocenters. The Bertz CT molecular complexity index is 474. The molecule has 0 bridgehead atoms. The monoisotopic (exact) mass is 340 g/mol. The van der Waals surface area contributed by atoms with E-state index in [0.29, 0.717) is 0 Å². The predicted octanol–water partition coefficient (Wildman–Crippen LogP) is 0.864. The predicted molar refractivity (Wildman–Crippen MR) is 82.6 cm³/mol. The van der Waals surface area contributed by atoms with Gasteiger partial charge >= 0.3 is 23.9 Å². The van der Waals surface area contributed by atoms with Gasteiger partial charge in [0, 0.05) is 12.2 Å². The normalized spacial score (nSPS) is 12.6. The quantitative estimate of drug-likeness (QED) is 0.250. The molecule has 0 fully saturated rings. The zero-order valence-electron chi connectivity index (χ0n) is 13.6. The lowest BCUT2D eigenvalue weighted by molar-refractivity contribution is -0.163. The van der Waals surface area contributed by atoms with Gasteiger partial charge < -0.3 is 18.9 Å². The van der Waals surface area contributed by atoms with Crippen LogP contribution in [0.4, 0.5) is 0 Å². The van der Waals surface area contributed by atoms with Crippen molar-refractivity contribution < 1.29 is 38.1 Å². The molecular formula is C16H20O8. The zero-order chi connectivity index (χ0) is 18.5. The Morgan fingerprint density at radius 3 is 1.42 bits per heavy atom. The first-order chi connectivity index (χ1) is 11.3. The van der Waals surface area contributed by atoms with Crippen molar-refractivity contribution in [2.24, 2.45) is 0 Å². The Labute approximate surface area is 139 Å². The van der Waals surface area contributed by atoms with Crippen molar-refractivity contribution in [3.05, 3.63) is 37.5 Å². The topological polar surface area (TPSA) is 105 Å². The highest BCUT2D eigenvalue weighted by atomic mass is 16.6. The van der Waals surface area contributed by atoms with E-state index in [4.69, 9.17) is 9.47 Å². The van der Waals surface area contributed by atoms with Crippen LogP contribution in [0, 0.1) is 0 Å². The molecule has 0 aromatic heterocycles. The molecule has 0 aromatic carbocycles. The van der Waals surface area contributed by atoms with E-state index in [1.54, 1.807) is 0 Å². The molecule has 0 radical (unpaired) electrons. The molecule has 8 nitrogen and oxygen atoms in total. The average Bonchev–Trinajstić information content (AvgIpc) is 2.55. The molecule has 0 aromatic rings. The molecule has 24 heavy (non-hydrogen) atoms. The highest BCUT2D eigenvalue weighted by molar-refractivity contribution is 5.93. The van der Waals surface area contributed by atoms with E-state index in [9.17, 15) is 19.2 Å². The number of esters is 4. The van der Waals surface area contributed by atoms with Crippen molar-refractivity contribution in [1.29, 1.82) is 0 Å². The maximum absolute atomic E-state index is 11.4. The minimum Gasteiger partial charge on any atom is -0.459 e. The molecule has 0 saturated carbocycles. The van der Waals surface area contributed by atoms with Gasteiger partial charge in [-0.3, -0.25) is 0 Å². The third-order valence-corrected chi connectivity index (χ3v) is 2.29. The van der Waals surface area contributed by atoms with Crippen LogP contribution >= 0.6 is 0 Å². The summed E-state index contributed by atoms with van der Waals surface area (Å²) in [5.41, 5.74) is 0. The Kier molecular flexibility index (Phi) is 10.2. The van der Waals surface area contributed by atoms with Crippen molar-refractivity contribution in [1.82, 2.24) is 0 Å². The number of rotatable bonds is 10. The van der Waals surface area contributed by atoms with Gasteiger partial charge in [0.05, 0.1) is 0 Å². The van der Waals surface area contributed by atoms with Crippen molar-refractivity contribution >= 4 is 23.9 Å². The van der Waals surface area contributed by atoms with Crippen LogP contribution in [0.1, 0.15) is 13.8 Å². The summed E-state index contributed by atoms with van der Waals surface area (Å²) in [6.45, 7) is 9.34. The van der Waals surface area contributed by atoms with Crippen LogP contribution in [-0.4, -0.2) is 49.3 Å². The SMILES string of the molecule is C=CCOC(=O)C(C)OC(=O)/C=C/C(=O)OC(C)C(=O)OCC=C. The third kappa shape index (κ3) is 9.19. The number of hydrogen-bond donors (Lipinski definition) is 0. The number of ether oxygens (including phenoxy) is 4. The fourth-order valence-electron chi connectivity index (χ4n) is 1.18. The van der Waals surface area contributed by atoms with Crippen LogP contribution in [0.15, 0.2) is 37.5 Å². The molecule has 0 rings (SSSR count). The molecule has 0 aliphatic rings. The van der Waals surface area contributed by atoms with Crippen LogP contribution in [0.5, 0.6) is 0 Å². The highest BCUT2D eigenvalue weighted by Gasteiger charge is 2.19. The van der Waals surface area contributed by atoms with Crippen LogP contribution in [0.25, 0.3) is 0 Å². The van der Waals surface area contributed by atoms with Crippen molar-refractivity contribution in [2.45, 2.75) is 26.1 Å². The number of hydrogen-bond acceptors (Lipinski definition) is 8. The lowest BCUT2D eigenvalue weighted by Crippen LogP contribution is -2.26. The highest BCUT2D eigenvalue weighted by Crippen LogP contribution is 1.99. The maximum Gasteiger partial charge on any atom is 0.347 e. The van der Waals surface area contributed by atoms with Gasteiger partial charge in [-0.1, -0.05) is 25.3 Å². The van der Waals surface area contributed by atoms with Gasteiger partial charge in [-0.2, -0.15) is 0 Å². The Balaban J connectivity index is 4.31. The molecular weight excluding hydrogens is 320 g/mol. The summed E-state index contributed by atoms with van der Waals surface area (Å²) >= 11 is 0. The molecule has 0 aliphatic heterocycles. The minimum absolute atomic E-state index is 0.0112. The molecule has 0 saturated heterocycles. The van der Waals surface area contributed by atoms with E-state index in [-0.39, 0.29) is 13.2 Å². The Morgan fingerprint density at radius 2 is 1.12 bits per heavy atom. The van der Waals surface area contributed by atoms with Gasteiger partial charge in [0.25, 0.3) is 0 Å². The van der Waals surface area contributed by atoms with Gasteiger partial charge in [0.1, 0.15) is 13.2 Å². The number of carbonyl (C=O) groups excluding carboxylic acids is 4. The second-order valence-electron chi connectivity index (χ2n) is 4.33. The lowest BCUT2D eigenvalue weighted by atomic mass is 10.4. The first-order valence-corrected chi connectivity index (χ1v) is 6.96. The average molecular weight is 340 g/mol. The van der Waals surface area contributed by atoms with Gasteiger partial charge in [-0.05, 0) is 13.8 Å². The van der Waals surface area contributed by atoms with E-state index >= 15 is 0 Å². The van der Waals surface area contributed by atoms with Gasteiger partial charge in [-0.25, -0.2) is 19.2 Å². The summed E-state index contributed by atoms with van der Waals surface area (Å²) in [5.74, 6) is -3.40. The molecule has 0 spiro atoms. The van der Waals surface area contributed by atoms with Crippen LogP contribution in [0.3, 0.4) is 0 Å². The van der Waals surface area contributed by atoms with Gasteiger partial charge in [0.2, 0.25) is 0 Å². The summed E-state index contributed by atoms with van der Waals surface area (Å²) < 4.78 is 18.8. The number of carbonyl (C=O) groups is 4. The third-order valence-electron chi connectivity index (χ3n) is 2.29. The van der Waals surface area contributed by atoms with Crippen molar-refractivity contribution in [3.8, 4) is 0 Å². The second-order valence-corrected chi connectivity index (χ2v) is 4.33. The van der Waals surface area contributed by atoms with Gasteiger partial charge in [0.15, 0.2) is 12.2 Å². The fourth-order valence-corrected chi connectivity index (χ4v) is 1.18. The maximum atomic E-state index is 11.4. The zero-order valence-corrected chi connectivity index (χ0v) is 13.6. The van der Waals surface area contributed by atoms with E-state index in [1.165, 1.54) is 26.0 Å². The molecule has 0 heterocycles. The summed E-state index contributed by atoms with van der Waals surface area (Å²) in [6.07, 6.45) is 1.97. The van der Waals surface area contributed by atoms with Gasteiger partial charge in [-0.15, -0.1) is 0 Å². The molecule has 2 atom stereocenters. The van der Waals surface area contributed by atoms with Crippen LogP contribution in [0.2, 0.25) is 0 Å². The minimum atomic E-state index is -1.15. The largest absolute Gasteiger partial charge is 0.459 e. The van der Waals surface area contributed by atoms with E-state index < -0.39 is 36.1 Å². The molecule has 0 amide bonds. The van der Waals surface area contributed by atoms with E-state index in [1.807, 2.05) is 0 Å². The standard InChI is InChI=1S/C16H20O8/c1-5-9-21-15(19)11(3)23-13(17)7-8-14(18)24-12(4)16(20)22-10-6-2/h5-8,11-12H,1-2,9-10H2,3-4H3/b8-7+. The first kappa shape index (κ1) is 21.1. The Morgan fingerprint density at radius 1 is 0.792 bits per heavy atom. The summed E-state index contributed by atoms with van der Waals surface area (Å²) in [6, 6.07) is 0. The molecule has 132 valence electrons. The first-order valence-electron chi connectivity index (χ1n) is 6.96. The summed E-state index contributed by atoms with van der Waals surface area (Å²) in [7, 11) is 0. The van der Waals surface area contributed by atoms with Crippen LogP contribution in [-0.2, 0) is 38.1 Å². The van der Waals surface area contributed by atoms with Crippen molar-refractivity contribution in [2.75, 3.05) is 13.2 Å². The van der Waals surface area contributed by atoms with E-state index in [0.717, 1.165) is 12.2 Å². The molecule has 8 heteroatoms. The fraction of sp³-hybridized carbons (Fsp3) is 0.375. The summed E-state index contributed by atoms with van der Waals surface area (Å²) in [4.78, 5) is 45.6. The van der Waals surface area contributed by atoms with Crippen LogP contribution < -0.4 is 0 Å². The molecule has 0 N–H and O–H groups in total. The second kappa shape index (κ2) is 11.6. The van der Waals surface area contributed by atoms with Crippen molar-refractivity contribution in [3.63, 3.8) is 0 Å². The van der Waals surface area contributed by atoms with E-state index in [2.05, 4.69) is 22.6 Å². The Hall–Kier alpha value is -2.90. The lowest BCUT2D eigenvalue weighted by Gasteiger charge is -2.11.